The van der Waals surface area contributed by atoms with Gasteiger partial charge in [0.15, 0.2) is 11.0 Å². The third-order valence-corrected chi connectivity index (χ3v) is 7.00. The Labute approximate surface area is 202 Å². The number of pyridine rings is 1. The Balaban J connectivity index is 1.88. The Morgan fingerprint density at radius 2 is 1.53 bits per heavy atom. The van der Waals surface area contributed by atoms with Crippen LogP contribution >= 0.6 is 0 Å². The molecule has 5 aromatic rings. The van der Waals surface area contributed by atoms with Crippen molar-refractivity contribution in [3.8, 4) is 28.2 Å². The van der Waals surface area contributed by atoms with E-state index in [4.69, 9.17) is 0 Å². The lowest BCUT2D eigenvalue weighted by Crippen LogP contribution is -2.30. The molecule has 0 amide bonds. The van der Waals surface area contributed by atoms with Crippen molar-refractivity contribution in [1.82, 2.24) is 9.55 Å². The highest BCUT2D eigenvalue weighted by Crippen LogP contribution is 2.35. The Morgan fingerprint density at radius 1 is 0.794 bits per heavy atom. The minimum Gasteiger partial charge on any atom is -0.264 e. The standard InChI is InChI=1S/C31H32N3/c1-20(2)26-18-25(24-10-8-7-9-11-24)12-13-28(26)34-30-17-23(5)22(4)16-29(30)33(6)31(34)27-19-32-15-14-21(27)3/h7-20H,1-6H3/q+1. The Kier molecular flexibility index (Phi) is 5.57. The van der Waals surface area contributed by atoms with Gasteiger partial charge in [0.1, 0.15) is 5.69 Å². The molecule has 0 spiro atoms. The lowest BCUT2D eigenvalue weighted by atomic mass is 9.95. The van der Waals surface area contributed by atoms with Crippen LogP contribution in [0.15, 0.2) is 79.1 Å². The summed E-state index contributed by atoms with van der Waals surface area (Å²) in [5, 5.41) is 0. The number of aromatic nitrogens is 3. The lowest BCUT2D eigenvalue weighted by molar-refractivity contribution is -0.633. The molecule has 0 saturated carbocycles. The smallest absolute Gasteiger partial charge is 0.264 e. The van der Waals surface area contributed by atoms with Gasteiger partial charge >= 0.3 is 0 Å². The van der Waals surface area contributed by atoms with Crippen LogP contribution in [0, 0.1) is 20.8 Å². The second kappa shape index (κ2) is 8.57. The number of hydrogen-bond donors (Lipinski definition) is 0. The van der Waals surface area contributed by atoms with Crippen molar-refractivity contribution in [2.45, 2.75) is 40.5 Å². The van der Waals surface area contributed by atoms with Crippen LogP contribution in [0.4, 0.5) is 0 Å². The molecule has 0 atom stereocenters. The van der Waals surface area contributed by atoms with Crippen LogP contribution in [-0.2, 0) is 7.05 Å². The summed E-state index contributed by atoms with van der Waals surface area (Å²) >= 11 is 0. The van der Waals surface area contributed by atoms with Crippen molar-refractivity contribution in [2.24, 2.45) is 7.05 Å². The fourth-order valence-corrected chi connectivity index (χ4v) is 4.89. The molecule has 0 aliphatic carbocycles. The van der Waals surface area contributed by atoms with E-state index in [1.165, 1.54) is 50.1 Å². The highest BCUT2D eigenvalue weighted by Gasteiger charge is 2.29. The van der Waals surface area contributed by atoms with E-state index in [1.807, 2.05) is 12.4 Å². The maximum Gasteiger partial charge on any atom is 0.296 e. The fraction of sp³-hybridized carbons (Fsp3) is 0.226. The van der Waals surface area contributed by atoms with Crippen LogP contribution in [-0.4, -0.2) is 9.55 Å². The summed E-state index contributed by atoms with van der Waals surface area (Å²) in [4.78, 5) is 4.49. The predicted octanol–water partition coefficient (Wildman–Crippen LogP) is 7.23. The molecular weight excluding hydrogens is 414 g/mol. The van der Waals surface area contributed by atoms with E-state index in [-0.39, 0.29) is 0 Å². The quantitative estimate of drug-likeness (QED) is 0.267. The monoisotopic (exact) mass is 446 g/mol. The molecule has 34 heavy (non-hydrogen) atoms. The number of imidazole rings is 1. The zero-order valence-corrected chi connectivity index (χ0v) is 20.9. The molecule has 3 heteroatoms. The normalized spacial score (nSPS) is 11.5. The predicted molar refractivity (Wildman–Crippen MR) is 141 cm³/mol. The highest BCUT2D eigenvalue weighted by atomic mass is 15.2. The first-order chi connectivity index (χ1) is 16.4. The van der Waals surface area contributed by atoms with Gasteiger partial charge in [-0.2, -0.15) is 4.57 Å². The van der Waals surface area contributed by atoms with Gasteiger partial charge in [-0.25, -0.2) is 4.57 Å². The van der Waals surface area contributed by atoms with Gasteiger partial charge in [0.2, 0.25) is 0 Å². The number of benzene rings is 3. The van der Waals surface area contributed by atoms with Crippen molar-refractivity contribution < 1.29 is 4.57 Å². The third kappa shape index (κ3) is 3.62. The topological polar surface area (TPSA) is 21.7 Å². The van der Waals surface area contributed by atoms with Crippen LogP contribution < -0.4 is 4.57 Å². The van der Waals surface area contributed by atoms with Crippen LogP contribution in [0.2, 0.25) is 0 Å². The zero-order valence-electron chi connectivity index (χ0n) is 20.9. The summed E-state index contributed by atoms with van der Waals surface area (Å²) in [6, 6.07) is 24.3. The maximum atomic E-state index is 4.49. The average Bonchev–Trinajstić information content (AvgIpc) is 3.11. The summed E-state index contributed by atoms with van der Waals surface area (Å²) < 4.78 is 4.76. The van der Waals surface area contributed by atoms with E-state index in [0.29, 0.717) is 5.92 Å². The molecule has 5 rings (SSSR count). The SMILES string of the molecule is Cc1cc2c(cc1C)[n+](C)c(-c1cnccc1C)n2-c1ccc(-c2ccccc2)cc1C(C)C. The van der Waals surface area contributed by atoms with E-state index in [2.05, 4.69) is 123 Å². The molecule has 3 aromatic carbocycles. The van der Waals surface area contributed by atoms with E-state index >= 15 is 0 Å². The lowest BCUT2D eigenvalue weighted by Gasteiger charge is -2.15. The second-order valence-electron chi connectivity index (χ2n) is 9.63. The average molecular weight is 447 g/mol. The van der Waals surface area contributed by atoms with Gasteiger partial charge in [-0.1, -0.05) is 50.2 Å². The minimum absolute atomic E-state index is 0.371. The molecular formula is C31H32N3+. The Morgan fingerprint density at radius 3 is 2.24 bits per heavy atom. The third-order valence-electron chi connectivity index (χ3n) is 7.00. The fourth-order valence-electron chi connectivity index (χ4n) is 4.89. The van der Waals surface area contributed by atoms with Crippen LogP contribution in [0.3, 0.4) is 0 Å². The molecule has 2 heterocycles. The van der Waals surface area contributed by atoms with Gasteiger partial charge in [-0.05, 0) is 84.8 Å². The number of nitrogens with zero attached hydrogens (tertiary/aromatic N) is 3. The van der Waals surface area contributed by atoms with Crippen molar-refractivity contribution >= 4 is 11.0 Å². The molecule has 0 N–H and O–H groups in total. The molecule has 0 aliphatic rings. The van der Waals surface area contributed by atoms with Gasteiger partial charge in [-0.3, -0.25) is 4.98 Å². The van der Waals surface area contributed by atoms with Crippen LogP contribution in [0.5, 0.6) is 0 Å². The van der Waals surface area contributed by atoms with E-state index in [0.717, 1.165) is 11.4 Å². The molecule has 2 aromatic heterocycles. The molecule has 0 saturated heterocycles. The van der Waals surface area contributed by atoms with Gasteiger partial charge in [0.05, 0.1) is 12.6 Å². The molecule has 0 bridgehead atoms. The van der Waals surface area contributed by atoms with Crippen molar-refractivity contribution in [3.05, 3.63) is 101 Å². The summed E-state index contributed by atoms with van der Waals surface area (Å²) in [5.74, 6) is 1.52. The van der Waals surface area contributed by atoms with E-state index in [1.54, 1.807) is 0 Å². The molecule has 0 radical (unpaired) electrons. The summed E-state index contributed by atoms with van der Waals surface area (Å²) in [6.07, 6.45) is 3.86. The molecule has 0 unspecified atom stereocenters. The van der Waals surface area contributed by atoms with Gasteiger partial charge in [0, 0.05) is 18.0 Å². The molecule has 0 aliphatic heterocycles. The van der Waals surface area contributed by atoms with E-state index in [9.17, 15) is 0 Å². The largest absolute Gasteiger partial charge is 0.296 e. The maximum absolute atomic E-state index is 4.49. The Hall–Kier alpha value is -3.72. The molecule has 3 nitrogen and oxygen atoms in total. The first kappa shape index (κ1) is 22.1. The summed E-state index contributed by atoms with van der Waals surface area (Å²) in [7, 11) is 2.17. The first-order valence-corrected chi connectivity index (χ1v) is 12.0. The second-order valence-corrected chi connectivity index (χ2v) is 9.63. The Bertz CT molecular complexity index is 1510. The number of hydrogen-bond acceptors (Lipinski definition) is 1. The number of rotatable bonds is 4. The van der Waals surface area contributed by atoms with Gasteiger partial charge in [0.25, 0.3) is 5.82 Å². The summed E-state index contributed by atoms with van der Waals surface area (Å²) in [5.41, 5.74) is 12.5. The first-order valence-electron chi connectivity index (χ1n) is 12.0. The van der Waals surface area contributed by atoms with Crippen LogP contribution in [0.1, 0.15) is 42.0 Å². The minimum atomic E-state index is 0.371. The van der Waals surface area contributed by atoms with E-state index < -0.39 is 0 Å². The molecule has 0 fully saturated rings. The number of aryl methyl sites for hydroxylation is 4. The van der Waals surface area contributed by atoms with Gasteiger partial charge < -0.3 is 0 Å². The van der Waals surface area contributed by atoms with Gasteiger partial charge in [-0.15, -0.1) is 0 Å². The van der Waals surface area contributed by atoms with Crippen LogP contribution in [0.25, 0.3) is 39.2 Å². The summed E-state index contributed by atoms with van der Waals surface area (Å²) in [6.45, 7) is 11.1. The van der Waals surface area contributed by atoms with Crippen molar-refractivity contribution in [3.63, 3.8) is 0 Å². The number of fused-ring (bicyclic) bond motifs is 1. The van der Waals surface area contributed by atoms with Crippen molar-refractivity contribution in [2.75, 3.05) is 0 Å². The molecule has 170 valence electrons. The zero-order chi connectivity index (χ0) is 24.0. The highest BCUT2D eigenvalue weighted by molar-refractivity contribution is 5.82. The van der Waals surface area contributed by atoms with Crippen molar-refractivity contribution in [1.29, 1.82) is 0 Å².